The van der Waals surface area contributed by atoms with Gasteiger partial charge in [-0.15, -0.1) is 0 Å². The molecule has 0 saturated carbocycles. The molecule has 42 valence electrons. The van der Waals surface area contributed by atoms with Crippen LogP contribution in [-0.4, -0.2) is 16.4 Å². The Morgan fingerprint density at radius 2 is 0.833 bits per heavy atom. The Bertz CT molecular complexity index is 8.75. The third-order valence-corrected chi connectivity index (χ3v) is 0. The van der Waals surface area contributed by atoms with Crippen LogP contribution in [0.5, 0.6) is 0 Å². The zero-order chi connectivity index (χ0) is 2.00. The molecule has 0 aliphatic rings. The molecular formula is C2H11O3Ti-. The van der Waals surface area contributed by atoms with Crippen molar-refractivity contribution in [1.82, 2.24) is 0 Å². The van der Waals surface area contributed by atoms with Crippen LogP contribution in [0.4, 0.5) is 0 Å². The Kier molecular flexibility index (Phi) is 4520. The minimum Gasteiger partial charge on any atom is -0.412 e. The maximum Gasteiger partial charge on any atom is 0 e. The minimum atomic E-state index is 0. The van der Waals surface area contributed by atoms with Gasteiger partial charge >= 0.3 is 0 Å². The van der Waals surface area contributed by atoms with Gasteiger partial charge in [0.1, 0.15) is 0 Å². The summed E-state index contributed by atoms with van der Waals surface area (Å²) in [7, 11) is 0. The van der Waals surface area contributed by atoms with Gasteiger partial charge in [0.25, 0.3) is 0 Å². The number of rotatable bonds is 0. The summed E-state index contributed by atoms with van der Waals surface area (Å²) >= 11 is 0. The van der Waals surface area contributed by atoms with Crippen LogP contribution in [-0.2, 0) is 21.7 Å². The third-order valence-electron chi connectivity index (χ3n) is 0. The predicted molar refractivity (Wildman–Crippen MR) is 21.9 cm³/mol. The van der Waals surface area contributed by atoms with Crippen molar-refractivity contribution in [3.05, 3.63) is 6.92 Å². The Balaban J connectivity index is -0.000000000833. The average molecular weight is 131 g/mol. The summed E-state index contributed by atoms with van der Waals surface area (Å²) in [6.07, 6.45) is 0. The van der Waals surface area contributed by atoms with Gasteiger partial charge in [0.15, 0.2) is 0 Å². The van der Waals surface area contributed by atoms with Crippen LogP contribution in [0.25, 0.3) is 0 Å². The van der Waals surface area contributed by atoms with Crippen LogP contribution < -0.4 is 0 Å². The molecule has 4 heteroatoms. The van der Waals surface area contributed by atoms with Crippen molar-refractivity contribution in [2.45, 2.75) is 6.92 Å². The molecule has 3 nitrogen and oxygen atoms in total. The van der Waals surface area contributed by atoms with E-state index in [-0.39, 0.29) is 38.1 Å². The van der Waals surface area contributed by atoms with E-state index in [4.69, 9.17) is 0 Å². The van der Waals surface area contributed by atoms with Crippen molar-refractivity contribution in [1.29, 1.82) is 0 Å². The maximum absolute atomic E-state index is 3.25. The molecule has 0 fully saturated rings. The fourth-order valence-electron chi connectivity index (χ4n) is 0. The van der Waals surface area contributed by atoms with E-state index >= 15 is 0 Å². The number of hydrogen-bond donors (Lipinski definition) is 0. The molecule has 0 aliphatic carbocycles. The summed E-state index contributed by atoms with van der Waals surface area (Å²) in [4.78, 5) is 0. The van der Waals surface area contributed by atoms with Crippen LogP contribution in [0.2, 0.25) is 0 Å². The van der Waals surface area contributed by atoms with E-state index in [9.17, 15) is 0 Å². The first-order valence-electron chi connectivity index (χ1n) is 0.707. The Morgan fingerprint density at radius 3 is 0.833 bits per heavy atom. The van der Waals surface area contributed by atoms with E-state index in [0.29, 0.717) is 0 Å². The van der Waals surface area contributed by atoms with E-state index in [2.05, 4.69) is 6.92 Å². The SMILES string of the molecule is O.O.O.[CH2-]C.[Ti]. The van der Waals surface area contributed by atoms with E-state index < -0.39 is 0 Å². The summed E-state index contributed by atoms with van der Waals surface area (Å²) in [6.45, 7) is 5.00. The molecule has 0 spiro atoms. The van der Waals surface area contributed by atoms with E-state index in [1.807, 2.05) is 0 Å². The first kappa shape index (κ1) is 81.2. The molecule has 0 aliphatic heterocycles. The molecule has 0 radical (unpaired) electrons. The summed E-state index contributed by atoms with van der Waals surface area (Å²) < 4.78 is 0. The second-order valence-electron chi connectivity index (χ2n) is 0. The second kappa shape index (κ2) is 334. The van der Waals surface area contributed by atoms with Gasteiger partial charge < -0.3 is 23.4 Å². The monoisotopic (exact) mass is 131 g/mol. The van der Waals surface area contributed by atoms with Crippen molar-refractivity contribution < 1.29 is 38.1 Å². The molecule has 6 N–H and O–H groups in total. The van der Waals surface area contributed by atoms with Crippen molar-refractivity contribution >= 4 is 0 Å². The van der Waals surface area contributed by atoms with Gasteiger partial charge in [-0.1, -0.05) is 0 Å². The molecule has 0 aromatic heterocycles. The van der Waals surface area contributed by atoms with Crippen LogP contribution in [0.15, 0.2) is 0 Å². The summed E-state index contributed by atoms with van der Waals surface area (Å²) in [6, 6.07) is 0. The minimum absolute atomic E-state index is 0. The van der Waals surface area contributed by atoms with Crippen molar-refractivity contribution in [3.8, 4) is 0 Å². The average Bonchev–Trinajstić information content (AvgIpc) is 1.00. The largest absolute Gasteiger partial charge is 0.412 e. The Morgan fingerprint density at radius 1 is 0.833 bits per heavy atom. The van der Waals surface area contributed by atoms with Crippen LogP contribution in [0.3, 0.4) is 0 Å². The molecule has 0 aromatic rings. The zero-order valence-corrected chi connectivity index (χ0v) is 5.27. The van der Waals surface area contributed by atoms with Gasteiger partial charge in [0, 0.05) is 21.7 Å². The van der Waals surface area contributed by atoms with Crippen molar-refractivity contribution in [3.63, 3.8) is 0 Å². The Hall–Kier alpha value is 0.594. The summed E-state index contributed by atoms with van der Waals surface area (Å²) in [5, 5.41) is 0. The fourth-order valence-corrected chi connectivity index (χ4v) is 0. The van der Waals surface area contributed by atoms with Gasteiger partial charge in [-0.3, -0.25) is 0 Å². The fraction of sp³-hybridized carbons (Fsp3) is 0.500. The topological polar surface area (TPSA) is 94.5 Å². The first-order chi connectivity index (χ1) is 1.00. The predicted octanol–water partition coefficient (Wildman–Crippen LogP) is -1.64. The van der Waals surface area contributed by atoms with Gasteiger partial charge in [0.2, 0.25) is 0 Å². The smallest absolute Gasteiger partial charge is 0 e. The summed E-state index contributed by atoms with van der Waals surface area (Å²) in [5.74, 6) is 0. The Labute approximate surface area is 52.6 Å². The molecule has 0 unspecified atom stereocenters. The van der Waals surface area contributed by atoms with Gasteiger partial charge in [-0.25, -0.2) is 0 Å². The molecule has 0 atom stereocenters. The quantitative estimate of drug-likeness (QED) is 0.278. The van der Waals surface area contributed by atoms with Crippen molar-refractivity contribution in [2.24, 2.45) is 0 Å². The third kappa shape index (κ3) is 168. The number of hydrogen-bond acceptors (Lipinski definition) is 0. The molecule has 6 heavy (non-hydrogen) atoms. The second-order valence-corrected chi connectivity index (χ2v) is 0. The van der Waals surface area contributed by atoms with Gasteiger partial charge in [-0.05, 0) is 0 Å². The molecule has 0 amide bonds. The van der Waals surface area contributed by atoms with Gasteiger partial charge in [0.05, 0.1) is 0 Å². The van der Waals surface area contributed by atoms with Crippen molar-refractivity contribution in [2.75, 3.05) is 0 Å². The molecule has 0 bridgehead atoms. The van der Waals surface area contributed by atoms with Gasteiger partial charge in [-0.2, -0.15) is 6.92 Å². The van der Waals surface area contributed by atoms with Crippen LogP contribution >= 0.6 is 0 Å². The van der Waals surface area contributed by atoms with Crippen LogP contribution in [0.1, 0.15) is 6.92 Å². The van der Waals surface area contributed by atoms with Crippen LogP contribution in [0, 0.1) is 6.92 Å². The molecular weight excluding hydrogens is 120 g/mol. The van der Waals surface area contributed by atoms with E-state index in [1.165, 1.54) is 0 Å². The maximum atomic E-state index is 3.25. The molecule has 0 aromatic carbocycles. The molecule has 0 saturated heterocycles. The normalized spacial score (nSPS) is 1.00. The molecule has 0 heterocycles. The van der Waals surface area contributed by atoms with E-state index in [1.54, 1.807) is 6.92 Å². The molecule has 0 rings (SSSR count). The summed E-state index contributed by atoms with van der Waals surface area (Å²) in [5.41, 5.74) is 0. The standard InChI is InChI=1S/C2H5.3H2O.Ti/c1-2;;;;/h1H2,2H3;3*1H2;/q-1;;;;. The zero-order valence-electron chi connectivity index (χ0n) is 3.71. The van der Waals surface area contributed by atoms with E-state index in [0.717, 1.165) is 0 Å². The first-order valence-corrected chi connectivity index (χ1v) is 0.707.